The minimum atomic E-state index is -1.03. The third-order valence-corrected chi connectivity index (χ3v) is 2.13. The number of ether oxygens (including phenoxy) is 1. The highest BCUT2D eigenvalue weighted by molar-refractivity contribution is 5.59. The number of hydrogen-bond donors (Lipinski definition) is 1. The molecule has 1 N–H and O–H groups in total. The zero-order valence-electron chi connectivity index (χ0n) is 8.45. The molecule has 0 saturated heterocycles. The number of hydrogen-bond acceptors (Lipinski definition) is 4. The second-order valence-electron chi connectivity index (χ2n) is 3.36. The second kappa shape index (κ2) is 6.71. The highest BCUT2D eigenvalue weighted by atomic mass is 17.1. The Morgan fingerprint density at radius 3 is 2.46 bits per heavy atom. The van der Waals surface area contributed by atoms with Crippen LogP contribution in [0.3, 0.4) is 0 Å². The smallest absolute Gasteiger partial charge is 0.429 e. The van der Waals surface area contributed by atoms with E-state index in [1.54, 1.807) is 6.92 Å². The first-order valence-corrected chi connectivity index (χ1v) is 4.62. The second-order valence-corrected chi connectivity index (χ2v) is 3.36. The van der Waals surface area contributed by atoms with E-state index in [1.165, 1.54) is 0 Å². The highest BCUT2D eigenvalue weighted by Crippen LogP contribution is 2.12. The quantitative estimate of drug-likeness (QED) is 0.411. The van der Waals surface area contributed by atoms with Crippen LogP contribution < -0.4 is 0 Å². The van der Waals surface area contributed by atoms with Gasteiger partial charge in [-0.3, -0.25) is 4.89 Å². The number of rotatable bonds is 5. The molecule has 0 bridgehead atoms. The fourth-order valence-corrected chi connectivity index (χ4v) is 0.968. The van der Waals surface area contributed by atoms with Crippen LogP contribution >= 0.6 is 0 Å². The Morgan fingerprint density at radius 2 is 2.00 bits per heavy atom. The Bertz CT molecular complexity index is 147. The molecule has 0 spiro atoms. The topological polar surface area (TPSA) is 55.8 Å². The van der Waals surface area contributed by atoms with E-state index in [4.69, 9.17) is 5.26 Å². The van der Waals surface area contributed by atoms with Crippen LogP contribution in [0, 0.1) is 5.92 Å². The molecule has 0 aromatic carbocycles. The maximum atomic E-state index is 10.4. The van der Waals surface area contributed by atoms with Crippen LogP contribution in [0.5, 0.6) is 0 Å². The first kappa shape index (κ1) is 12.2. The SMILES string of the molecule is CCC(C)CCC(C)OC(=O)OO. The minimum Gasteiger partial charge on any atom is -0.429 e. The van der Waals surface area contributed by atoms with Gasteiger partial charge in [-0.25, -0.2) is 4.79 Å². The van der Waals surface area contributed by atoms with Gasteiger partial charge in [-0.05, 0) is 25.7 Å². The fraction of sp³-hybridized carbons (Fsp3) is 0.889. The highest BCUT2D eigenvalue weighted by Gasteiger charge is 2.11. The van der Waals surface area contributed by atoms with Gasteiger partial charge in [0.25, 0.3) is 0 Å². The van der Waals surface area contributed by atoms with Crippen molar-refractivity contribution in [3.63, 3.8) is 0 Å². The molecule has 0 heterocycles. The van der Waals surface area contributed by atoms with E-state index < -0.39 is 6.16 Å². The third-order valence-electron chi connectivity index (χ3n) is 2.13. The summed E-state index contributed by atoms with van der Waals surface area (Å²) in [5.41, 5.74) is 0. The lowest BCUT2D eigenvalue weighted by Crippen LogP contribution is -2.15. The molecule has 0 aliphatic rings. The van der Waals surface area contributed by atoms with E-state index in [-0.39, 0.29) is 6.10 Å². The standard InChI is InChI=1S/C9H18O4/c1-4-7(2)5-6-8(3)12-9(10)13-11/h7-8,11H,4-6H2,1-3H3. The van der Waals surface area contributed by atoms with Crippen molar-refractivity contribution in [2.45, 2.75) is 46.1 Å². The van der Waals surface area contributed by atoms with Crippen LogP contribution in [0.1, 0.15) is 40.0 Å². The van der Waals surface area contributed by atoms with Gasteiger partial charge in [0, 0.05) is 0 Å². The molecule has 0 rings (SSSR count). The minimum absolute atomic E-state index is 0.200. The summed E-state index contributed by atoms with van der Waals surface area (Å²) >= 11 is 0. The molecule has 0 fully saturated rings. The van der Waals surface area contributed by atoms with E-state index in [0.717, 1.165) is 19.3 Å². The first-order valence-electron chi connectivity index (χ1n) is 4.62. The van der Waals surface area contributed by atoms with Gasteiger partial charge in [0.15, 0.2) is 0 Å². The van der Waals surface area contributed by atoms with Crippen molar-refractivity contribution in [2.24, 2.45) is 5.92 Å². The molecule has 0 aliphatic carbocycles. The maximum Gasteiger partial charge on any atom is 0.540 e. The van der Waals surface area contributed by atoms with E-state index in [9.17, 15) is 4.79 Å². The Labute approximate surface area is 78.8 Å². The molecule has 13 heavy (non-hydrogen) atoms. The van der Waals surface area contributed by atoms with Crippen molar-refractivity contribution < 1.29 is 19.7 Å². The van der Waals surface area contributed by atoms with E-state index in [2.05, 4.69) is 23.5 Å². The van der Waals surface area contributed by atoms with Gasteiger partial charge in [-0.1, -0.05) is 20.3 Å². The summed E-state index contributed by atoms with van der Waals surface area (Å²) in [5, 5.41) is 7.93. The van der Waals surface area contributed by atoms with Gasteiger partial charge in [-0.15, -0.1) is 0 Å². The van der Waals surface area contributed by atoms with Crippen molar-refractivity contribution in [3.05, 3.63) is 0 Å². The molecule has 78 valence electrons. The molecule has 0 aromatic heterocycles. The Hall–Kier alpha value is -0.770. The average molecular weight is 190 g/mol. The lowest BCUT2D eigenvalue weighted by atomic mass is 10.0. The summed E-state index contributed by atoms with van der Waals surface area (Å²) < 4.78 is 4.68. The predicted octanol–water partition coefficient (Wildman–Crippen LogP) is 2.83. The molecular weight excluding hydrogens is 172 g/mol. The molecule has 4 heteroatoms. The summed E-state index contributed by atoms with van der Waals surface area (Å²) in [4.78, 5) is 13.8. The molecule has 0 aromatic rings. The summed E-state index contributed by atoms with van der Waals surface area (Å²) in [7, 11) is 0. The molecule has 0 radical (unpaired) electrons. The molecule has 4 nitrogen and oxygen atoms in total. The molecule has 0 saturated carbocycles. The fourth-order valence-electron chi connectivity index (χ4n) is 0.968. The van der Waals surface area contributed by atoms with Crippen molar-refractivity contribution in [2.75, 3.05) is 0 Å². The lowest BCUT2D eigenvalue weighted by Gasteiger charge is -2.13. The Morgan fingerprint density at radius 1 is 1.38 bits per heavy atom. The average Bonchev–Trinajstić information content (AvgIpc) is 2.13. The Kier molecular flexibility index (Phi) is 6.32. The van der Waals surface area contributed by atoms with Crippen LogP contribution in [0.15, 0.2) is 0 Å². The molecular formula is C9H18O4. The van der Waals surface area contributed by atoms with Crippen LogP contribution in [0.4, 0.5) is 4.79 Å². The molecule has 0 aliphatic heterocycles. The summed E-state index contributed by atoms with van der Waals surface area (Å²) in [5.74, 6) is 0.635. The lowest BCUT2D eigenvalue weighted by molar-refractivity contribution is -0.204. The zero-order chi connectivity index (χ0) is 10.3. The van der Waals surface area contributed by atoms with Crippen LogP contribution in [-0.4, -0.2) is 17.5 Å². The van der Waals surface area contributed by atoms with Gasteiger partial charge in [-0.2, -0.15) is 5.26 Å². The van der Waals surface area contributed by atoms with E-state index in [0.29, 0.717) is 5.92 Å². The maximum absolute atomic E-state index is 10.4. The number of carbonyl (C=O) groups is 1. The van der Waals surface area contributed by atoms with Gasteiger partial charge in [0.2, 0.25) is 0 Å². The predicted molar refractivity (Wildman–Crippen MR) is 48.3 cm³/mol. The summed E-state index contributed by atoms with van der Waals surface area (Å²) in [6.07, 6.45) is 1.70. The number of carbonyl (C=O) groups excluding carboxylic acids is 1. The van der Waals surface area contributed by atoms with Crippen molar-refractivity contribution >= 4 is 6.16 Å². The molecule has 0 amide bonds. The Balaban J connectivity index is 3.50. The van der Waals surface area contributed by atoms with Gasteiger partial charge >= 0.3 is 6.16 Å². The first-order chi connectivity index (χ1) is 6.10. The van der Waals surface area contributed by atoms with Crippen molar-refractivity contribution in [3.8, 4) is 0 Å². The molecule has 2 atom stereocenters. The monoisotopic (exact) mass is 190 g/mol. The van der Waals surface area contributed by atoms with Crippen LogP contribution in [-0.2, 0) is 9.62 Å². The van der Waals surface area contributed by atoms with Gasteiger partial charge in [0.1, 0.15) is 6.10 Å². The summed E-state index contributed by atoms with van der Waals surface area (Å²) in [6.45, 7) is 6.05. The zero-order valence-corrected chi connectivity index (χ0v) is 8.45. The van der Waals surface area contributed by atoms with Crippen LogP contribution in [0.2, 0.25) is 0 Å². The van der Waals surface area contributed by atoms with Crippen molar-refractivity contribution in [1.82, 2.24) is 0 Å². The molecule has 2 unspecified atom stereocenters. The normalized spacial score (nSPS) is 14.8. The third kappa shape index (κ3) is 6.40. The largest absolute Gasteiger partial charge is 0.540 e. The van der Waals surface area contributed by atoms with Crippen molar-refractivity contribution in [1.29, 1.82) is 0 Å². The van der Waals surface area contributed by atoms with E-state index in [1.807, 2.05) is 0 Å². The summed E-state index contributed by atoms with van der Waals surface area (Å²) in [6, 6.07) is 0. The van der Waals surface area contributed by atoms with E-state index >= 15 is 0 Å². The van der Waals surface area contributed by atoms with Crippen LogP contribution in [0.25, 0.3) is 0 Å². The van der Waals surface area contributed by atoms with Gasteiger partial charge < -0.3 is 4.74 Å². The van der Waals surface area contributed by atoms with Gasteiger partial charge in [0.05, 0.1) is 0 Å².